The maximum atomic E-state index is 13.6. The lowest BCUT2D eigenvalue weighted by atomic mass is 10.1. The Labute approximate surface area is 192 Å². The third-order valence-electron chi connectivity index (χ3n) is 5.76. The third kappa shape index (κ3) is 4.22. The Balaban J connectivity index is 1.47. The van der Waals surface area contributed by atoms with E-state index in [-0.39, 0.29) is 17.4 Å². The van der Waals surface area contributed by atoms with Crippen molar-refractivity contribution in [2.45, 2.75) is 43.1 Å². The molecule has 166 valence electrons. The van der Waals surface area contributed by atoms with Crippen molar-refractivity contribution < 1.29 is 4.39 Å². The molecule has 0 aliphatic carbocycles. The van der Waals surface area contributed by atoms with Crippen molar-refractivity contribution in [3.63, 3.8) is 0 Å². The highest BCUT2D eigenvalue weighted by atomic mass is 32.2. The normalized spacial score (nSPS) is 15.9. The van der Waals surface area contributed by atoms with Gasteiger partial charge in [-0.3, -0.25) is 18.7 Å². The van der Waals surface area contributed by atoms with Gasteiger partial charge in [0.1, 0.15) is 5.82 Å². The molecule has 0 N–H and O–H groups in total. The quantitative estimate of drug-likeness (QED) is 0.391. The van der Waals surface area contributed by atoms with Gasteiger partial charge in [-0.2, -0.15) is 0 Å². The zero-order valence-corrected chi connectivity index (χ0v) is 19.3. The molecule has 0 spiro atoms. The standard InChI is InChI=1S/C22H23FN6OS2/c1-15(27-9-3-2-4-10-27)20-25-26-22(29(20)18-7-5-16(23)6-8-18)32-14-17-13-19(30)28-11-12-31-21(28)24-17/h5-8,11-13,15H,2-4,9-10,14H2,1H3/t15-/m1/s1. The number of hydrogen-bond donors (Lipinski definition) is 0. The minimum absolute atomic E-state index is 0.0902. The first-order chi connectivity index (χ1) is 15.6. The van der Waals surface area contributed by atoms with Crippen molar-refractivity contribution in [1.29, 1.82) is 0 Å². The number of aromatic nitrogens is 5. The molecule has 0 amide bonds. The highest BCUT2D eigenvalue weighted by Gasteiger charge is 2.25. The second-order valence-electron chi connectivity index (χ2n) is 7.86. The summed E-state index contributed by atoms with van der Waals surface area (Å²) in [5.41, 5.74) is 1.42. The molecule has 1 aliphatic heterocycles. The van der Waals surface area contributed by atoms with Gasteiger partial charge < -0.3 is 0 Å². The smallest absolute Gasteiger partial charge is 0.258 e. The Morgan fingerprint density at radius 1 is 1.16 bits per heavy atom. The van der Waals surface area contributed by atoms with E-state index in [1.807, 2.05) is 9.95 Å². The molecule has 0 bridgehead atoms. The van der Waals surface area contributed by atoms with Crippen LogP contribution in [0.1, 0.15) is 43.7 Å². The van der Waals surface area contributed by atoms with Gasteiger partial charge >= 0.3 is 0 Å². The fourth-order valence-corrected chi connectivity index (χ4v) is 5.64. The van der Waals surface area contributed by atoms with E-state index >= 15 is 0 Å². The molecule has 1 atom stereocenters. The summed E-state index contributed by atoms with van der Waals surface area (Å²) in [7, 11) is 0. The van der Waals surface area contributed by atoms with Gasteiger partial charge in [0.25, 0.3) is 5.56 Å². The summed E-state index contributed by atoms with van der Waals surface area (Å²) < 4.78 is 17.1. The Bertz CT molecular complexity index is 1280. The summed E-state index contributed by atoms with van der Waals surface area (Å²) in [5, 5.41) is 11.5. The minimum atomic E-state index is -0.282. The van der Waals surface area contributed by atoms with Gasteiger partial charge in [-0.25, -0.2) is 9.37 Å². The predicted molar refractivity (Wildman–Crippen MR) is 124 cm³/mol. The second kappa shape index (κ2) is 9.13. The van der Waals surface area contributed by atoms with Gasteiger partial charge in [-0.05, 0) is 57.1 Å². The summed E-state index contributed by atoms with van der Waals surface area (Å²) >= 11 is 2.91. The number of nitrogens with zero attached hydrogens (tertiary/aromatic N) is 6. The van der Waals surface area contributed by atoms with Crippen LogP contribution in [-0.2, 0) is 5.75 Å². The van der Waals surface area contributed by atoms with Gasteiger partial charge in [0.15, 0.2) is 15.9 Å². The number of halogens is 1. The van der Waals surface area contributed by atoms with Crippen LogP contribution in [0.2, 0.25) is 0 Å². The SMILES string of the molecule is C[C@H](c1nnc(SCc2cc(=O)n3ccsc3n2)n1-c1ccc(F)cc1)N1CCCCC1. The number of hydrogen-bond acceptors (Lipinski definition) is 7. The number of rotatable bonds is 6. The lowest BCUT2D eigenvalue weighted by Crippen LogP contribution is -2.33. The molecule has 1 aliphatic rings. The maximum absolute atomic E-state index is 13.6. The number of benzene rings is 1. The van der Waals surface area contributed by atoms with E-state index in [9.17, 15) is 9.18 Å². The molecule has 3 aromatic heterocycles. The zero-order valence-electron chi connectivity index (χ0n) is 17.6. The summed E-state index contributed by atoms with van der Waals surface area (Å²) in [5.74, 6) is 1.04. The summed E-state index contributed by atoms with van der Waals surface area (Å²) in [6, 6.07) is 8.04. The summed E-state index contributed by atoms with van der Waals surface area (Å²) in [6.07, 6.45) is 5.36. The van der Waals surface area contributed by atoms with E-state index in [2.05, 4.69) is 27.0 Å². The number of thiazole rings is 1. The molecule has 5 rings (SSSR count). The Morgan fingerprint density at radius 3 is 2.72 bits per heavy atom. The van der Waals surface area contributed by atoms with Gasteiger partial charge in [0.05, 0.1) is 11.7 Å². The first-order valence-electron chi connectivity index (χ1n) is 10.6. The lowest BCUT2D eigenvalue weighted by molar-refractivity contribution is 0.167. The second-order valence-corrected chi connectivity index (χ2v) is 9.67. The van der Waals surface area contributed by atoms with Crippen molar-refractivity contribution >= 4 is 28.1 Å². The van der Waals surface area contributed by atoms with E-state index in [1.54, 1.807) is 24.4 Å². The Hall–Kier alpha value is -2.56. The maximum Gasteiger partial charge on any atom is 0.258 e. The molecule has 10 heteroatoms. The zero-order chi connectivity index (χ0) is 22.1. The molecule has 0 saturated carbocycles. The van der Waals surface area contributed by atoms with Gasteiger partial charge in [-0.1, -0.05) is 18.2 Å². The van der Waals surface area contributed by atoms with Gasteiger partial charge in [-0.15, -0.1) is 21.5 Å². The molecular formula is C22H23FN6OS2. The molecule has 4 aromatic rings. The van der Waals surface area contributed by atoms with Crippen LogP contribution in [0, 0.1) is 5.82 Å². The molecule has 4 heterocycles. The highest BCUT2D eigenvalue weighted by Crippen LogP contribution is 2.30. The fraction of sp³-hybridized carbons (Fsp3) is 0.364. The van der Waals surface area contributed by atoms with Crippen LogP contribution in [0.3, 0.4) is 0 Å². The molecule has 1 fully saturated rings. The van der Waals surface area contributed by atoms with Crippen LogP contribution in [0.5, 0.6) is 0 Å². The Kier molecular flexibility index (Phi) is 6.07. The van der Waals surface area contributed by atoms with Crippen molar-refractivity contribution in [2.24, 2.45) is 0 Å². The average Bonchev–Trinajstić information content (AvgIpc) is 3.46. The Morgan fingerprint density at radius 2 is 1.94 bits per heavy atom. The van der Waals surface area contributed by atoms with Crippen molar-refractivity contribution in [2.75, 3.05) is 13.1 Å². The van der Waals surface area contributed by atoms with Crippen LogP contribution in [0.25, 0.3) is 10.6 Å². The monoisotopic (exact) mass is 470 g/mol. The summed E-state index contributed by atoms with van der Waals surface area (Å²) in [6.45, 7) is 4.22. The minimum Gasteiger partial charge on any atom is -0.294 e. The molecule has 1 aromatic carbocycles. The van der Waals surface area contributed by atoms with E-state index in [1.165, 1.54) is 58.9 Å². The summed E-state index contributed by atoms with van der Waals surface area (Å²) in [4.78, 5) is 20.0. The molecular weight excluding hydrogens is 447 g/mol. The van der Waals surface area contributed by atoms with Crippen molar-refractivity contribution in [1.82, 2.24) is 29.0 Å². The molecule has 0 radical (unpaired) electrons. The topological polar surface area (TPSA) is 68.3 Å². The van der Waals surface area contributed by atoms with Crippen LogP contribution in [-0.4, -0.2) is 42.1 Å². The lowest BCUT2D eigenvalue weighted by Gasteiger charge is -2.31. The molecule has 1 saturated heterocycles. The first kappa shape index (κ1) is 21.3. The molecule has 0 unspecified atom stereocenters. The average molecular weight is 471 g/mol. The first-order valence-corrected chi connectivity index (χ1v) is 12.5. The largest absolute Gasteiger partial charge is 0.294 e. The van der Waals surface area contributed by atoms with E-state index < -0.39 is 0 Å². The van der Waals surface area contributed by atoms with Crippen LogP contribution >= 0.6 is 23.1 Å². The molecule has 7 nitrogen and oxygen atoms in total. The van der Waals surface area contributed by atoms with Crippen LogP contribution in [0.15, 0.2) is 51.9 Å². The third-order valence-corrected chi connectivity index (χ3v) is 7.48. The predicted octanol–water partition coefficient (Wildman–Crippen LogP) is 4.32. The number of thioether (sulfide) groups is 1. The van der Waals surface area contributed by atoms with E-state index in [0.29, 0.717) is 21.6 Å². The van der Waals surface area contributed by atoms with Gasteiger partial charge in [0, 0.05) is 29.1 Å². The van der Waals surface area contributed by atoms with Crippen molar-refractivity contribution in [3.05, 3.63) is 69.6 Å². The number of fused-ring (bicyclic) bond motifs is 1. The van der Waals surface area contributed by atoms with E-state index in [4.69, 9.17) is 0 Å². The fourth-order valence-electron chi connectivity index (χ4n) is 4.05. The van der Waals surface area contributed by atoms with Crippen LogP contribution in [0.4, 0.5) is 4.39 Å². The molecule has 32 heavy (non-hydrogen) atoms. The van der Waals surface area contributed by atoms with Crippen molar-refractivity contribution in [3.8, 4) is 5.69 Å². The van der Waals surface area contributed by atoms with E-state index in [0.717, 1.165) is 24.6 Å². The highest BCUT2D eigenvalue weighted by molar-refractivity contribution is 7.98. The number of likely N-dealkylation sites (tertiary alicyclic amines) is 1. The van der Waals surface area contributed by atoms with Gasteiger partial charge in [0.2, 0.25) is 0 Å². The van der Waals surface area contributed by atoms with Crippen LogP contribution < -0.4 is 5.56 Å². The number of piperidine rings is 1.